The smallest absolute Gasteiger partial charge is 0.224 e. The van der Waals surface area contributed by atoms with Gasteiger partial charge in [-0.15, -0.1) is 0 Å². The molecule has 1 atom stereocenters. The molecule has 0 radical (unpaired) electrons. The fourth-order valence-corrected chi connectivity index (χ4v) is 1.99. The highest BCUT2D eigenvalue weighted by Crippen LogP contribution is 2.26. The molecule has 3 nitrogen and oxygen atoms in total. The Kier molecular flexibility index (Phi) is 6.17. The van der Waals surface area contributed by atoms with E-state index in [-0.39, 0.29) is 11.9 Å². The van der Waals surface area contributed by atoms with Gasteiger partial charge in [-0.3, -0.25) is 9.69 Å². The molecule has 0 aromatic rings. The fraction of sp³-hybridized carbons (Fsp3) is 0.929. The molecular weight excluding hydrogens is 212 g/mol. The predicted octanol–water partition coefficient (Wildman–Crippen LogP) is 2.50. The van der Waals surface area contributed by atoms with Crippen LogP contribution in [0.5, 0.6) is 0 Å². The number of hydrogen-bond acceptors (Lipinski definition) is 2. The highest BCUT2D eigenvalue weighted by Gasteiger charge is 2.35. The first-order valence-corrected chi connectivity index (χ1v) is 6.63. The van der Waals surface area contributed by atoms with Gasteiger partial charge < -0.3 is 5.73 Å². The van der Waals surface area contributed by atoms with Crippen LogP contribution in [0.2, 0.25) is 0 Å². The van der Waals surface area contributed by atoms with Gasteiger partial charge in [-0.2, -0.15) is 0 Å². The fourth-order valence-electron chi connectivity index (χ4n) is 1.99. The topological polar surface area (TPSA) is 46.3 Å². The van der Waals surface area contributed by atoms with E-state index in [4.69, 9.17) is 5.73 Å². The van der Waals surface area contributed by atoms with Crippen molar-refractivity contribution in [3.8, 4) is 0 Å². The standard InChI is InChI=1S/C14H30N2O/c1-10(2)8-16(9-11(3)4)12(5)14(6,7)13(15)17/h10-12H,8-9H2,1-7H3,(H2,15,17). The third-order valence-electron chi connectivity index (χ3n) is 3.43. The van der Waals surface area contributed by atoms with Crippen molar-refractivity contribution in [1.82, 2.24) is 4.90 Å². The van der Waals surface area contributed by atoms with Crippen molar-refractivity contribution in [3.05, 3.63) is 0 Å². The minimum absolute atomic E-state index is 0.171. The molecule has 0 saturated heterocycles. The lowest BCUT2D eigenvalue weighted by atomic mass is 9.83. The number of nitrogens with zero attached hydrogens (tertiary/aromatic N) is 1. The summed E-state index contributed by atoms with van der Waals surface area (Å²) in [7, 11) is 0. The predicted molar refractivity (Wildman–Crippen MR) is 73.7 cm³/mol. The van der Waals surface area contributed by atoms with Gasteiger partial charge in [0.2, 0.25) is 5.91 Å². The lowest BCUT2D eigenvalue weighted by Gasteiger charge is -2.40. The summed E-state index contributed by atoms with van der Waals surface area (Å²) in [5.41, 5.74) is 5.02. The number of carbonyl (C=O) groups is 1. The van der Waals surface area contributed by atoms with E-state index in [1.165, 1.54) is 0 Å². The minimum atomic E-state index is -0.482. The van der Waals surface area contributed by atoms with Crippen LogP contribution < -0.4 is 5.73 Å². The van der Waals surface area contributed by atoms with Crippen molar-refractivity contribution in [3.63, 3.8) is 0 Å². The molecule has 0 spiro atoms. The van der Waals surface area contributed by atoms with E-state index >= 15 is 0 Å². The average Bonchev–Trinajstić information content (AvgIpc) is 2.13. The molecule has 0 rings (SSSR count). The van der Waals surface area contributed by atoms with Crippen molar-refractivity contribution in [1.29, 1.82) is 0 Å². The van der Waals surface area contributed by atoms with Crippen molar-refractivity contribution in [2.24, 2.45) is 23.0 Å². The number of amides is 1. The molecule has 1 amide bonds. The summed E-state index contributed by atoms with van der Waals surface area (Å²) >= 11 is 0. The van der Waals surface area contributed by atoms with E-state index in [1.54, 1.807) is 0 Å². The third-order valence-corrected chi connectivity index (χ3v) is 3.43. The second-order valence-corrected chi connectivity index (χ2v) is 6.50. The Morgan fingerprint density at radius 1 is 1.06 bits per heavy atom. The SMILES string of the molecule is CC(C)CN(CC(C)C)C(C)C(C)(C)C(N)=O. The minimum Gasteiger partial charge on any atom is -0.369 e. The number of hydrogen-bond donors (Lipinski definition) is 1. The highest BCUT2D eigenvalue weighted by molar-refractivity contribution is 5.80. The van der Waals surface area contributed by atoms with Crippen LogP contribution in [0.3, 0.4) is 0 Å². The molecule has 0 heterocycles. The van der Waals surface area contributed by atoms with E-state index in [0.717, 1.165) is 13.1 Å². The molecule has 0 aliphatic heterocycles. The van der Waals surface area contributed by atoms with Gasteiger partial charge in [0.1, 0.15) is 0 Å². The molecule has 2 N–H and O–H groups in total. The summed E-state index contributed by atoms with van der Waals surface area (Å²) in [5, 5.41) is 0. The molecule has 0 aliphatic rings. The molecule has 17 heavy (non-hydrogen) atoms. The summed E-state index contributed by atoms with van der Waals surface area (Å²) in [6.07, 6.45) is 0. The third kappa shape index (κ3) is 5.07. The summed E-state index contributed by atoms with van der Waals surface area (Å²) in [5.74, 6) is 0.974. The van der Waals surface area contributed by atoms with Crippen LogP contribution >= 0.6 is 0 Å². The largest absolute Gasteiger partial charge is 0.369 e. The van der Waals surface area contributed by atoms with Crippen molar-refractivity contribution in [2.45, 2.75) is 54.5 Å². The maximum atomic E-state index is 11.5. The molecule has 0 fully saturated rings. The molecule has 0 bridgehead atoms. The Morgan fingerprint density at radius 3 is 1.65 bits per heavy atom. The van der Waals surface area contributed by atoms with Gasteiger partial charge in [0.05, 0.1) is 5.41 Å². The zero-order valence-corrected chi connectivity index (χ0v) is 12.6. The van der Waals surface area contributed by atoms with Gasteiger partial charge >= 0.3 is 0 Å². The Balaban J connectivity index is 4.84. The second-order valence-electron chi connectivity index (χ2n) is 6.50. The molecule has 3 heteroatoms. The molecule has 102 valence electrons. The van der Waals surface area contributed by atoms with Crippen molar-refractivity contribution >= 4 is 5.91 Å². The Bertz CT molecular complexity index is 237. The van der Waals surface area contributed by atoms with Gasteiger partial charge in [0.15, 0.2) is 0 Å². The van der Waals surface area contributed by atoms with Crippen molar-refractivity contribution in [2.75, 3.05) is 13.1 Å². The zero-order valence-electron chi connectivity index (χ0n) is 12.6. The number of nitrogens with two attached hydrogens (primary N) is 1. The highest BCUT2D eigenvalue weighted by atomic mass is 16.1. The molecule has 1 unspecified atom stereocenters. The van der Waals surface area contributed by atoms with E-state index < -0.39 is 5.41 Å². The number of primary amides is 1. The molecule has 0 aliphatic carbocycles. The first-order chi connectivity index (χ1) is 7.59. The summed E-state index contributed by atoms with van der Waals surface area (Å²) in [4.78, 5) is 13.9. The number of rotatable bonds is 7. The summed E-state index contributed by atoms with van der Waals surface area (Å²) in [6, 6.07) is 0.171. The number of carbonyl (C=O) groups excluding carboxylic acids is 1. The molecule has 0 aromatic carbocycles. The van der Waals surface area contributed by atoms with E-state index in [9.17, 15) is 4.79 Å². The average molecular weight is 242 g/mol. The van der Waals surface area contributed by atoms with E-state index in [0.29, 0.717) is 11.8 Å². The first kappa shape index (κ1) is 16.4. The monoisotopic (exact) mass is 242 g/mol. The summed E-state index contributed by atoms with van der Waals surface area (Å²) in [6.45, 7) is 16.8. The van der Waals surface area contributed by atoms with Crippen LogP contribution in [-0.4, -0.2) is 29.9 Å². The van der Waals surface area contributed by atoms with Gasteiger partial charge in [-0.1, -0.05) is 27.7 Å². The second kappa shape index (κ2) is 6.39. The zero-order chi connectivity index (χ0) is 13.8. The molecular formula is C14H30N2O. The maximum Gasteiger partial charge on any atom is 0.224 e. The lowest BCUT2D eigenvalue weighted by molar-refractivity contribution is -0.129. The van der Waals surface area contributed by atoms with Crippen LogP contribution in [0.15, 0.2) is 0 Å². The van der Waals surface area contributed by atoms with E-state index in [1.807, 2.05) is 13.8 Å². The van der Waals surface area contributed by atoms with Gasteiger partial charge in [-0.05, 0) is 32.6 Å². The van der Waals surface area contributed by atoms with Gasteiger partial charge in [-0.25, -0.2) is 0 Å². The van der Waals surface area contributed by atoms with E-state index in [2.05, 4.69) is 39.5 Å². The first-order valence-electron chi connectivity index (χ1n) is 6.63. The Hall–Kier alpha value is -0.570. The van der Waals surface area contributed by atoms with Crippen LogP contribution in [0.1, 0.15) is 48.5 Å². The van der Waals surface area contributed by atoms with Crippen molar-refractivity contribution < 1.29 is 4.79 Å². The van der Waals surface area contributed by atoms with Crippen LogP contribution in [-0.2, 0) is 4.79 Å². The Morgan fingerprint density at radius 2 is 1.41 bits per heavy atom. The maximum absolute atomic E-state index is 11.5. The molecule has 0 aromatic heterocycles. The Labute approximate surface area is 107 Å². The quantitative estimate of drug-likeness (QED) is 0.745. The van der Waals surface area contributed by atoms with Crippen LogP contribution in [0, 0.1) is 17.3 Å². The lowest BCUT2D eigenvalue weighted by Crippen LogP contribution is -2.51. The van der Waals surface area contributed by atoms with Crippen LogP contribution in [0.25, 0.3) is 0 Å². The van der Waals surface area contributed by atoms with Gasteiger partial charge in [0.25, 0.3) is 0 Å². The normalized spacial score (nSPS) is 14.7. The summed E-state index contributed by atoms with van der Waals surface area (Å²) < 4.78 is 0. The van der Waals surface area contributed by atoms with Gasteiger partial charge in [0, 0.05) is 19.1 Å². The van der Waals surface area contributed by atoms with Crippen LogP contribution in [0.4, 0.5) is 0 Å². The molecule has 0 saturated carbocycles.